The summed E-state index contributed by atoms with van der Waals surface area (Å²) in [6.07, 6.45) is 2.80. The van der Waals surface area contributed by atoms with Crippen molar-refractivity contribution in [3.8, 4) is 0 Å². The standard InChI is InChI=1S/C14H15NO3/c1-9(16)11(14(17)18)7-6-10-8-15-13-5-3-2-4-12(10)13/h2-5,8,11,15H,6-7H2,1H3,(H,17,18). The molecule has 18 heavy (non-hydrogen) atoms. The Bertz CT molecular complexity index is 571. The van der Waals surface area contributed by atoms with Gasteiger partial charge in [-0.3, -0.25) is 9.59 Å². The number of benzene rings is 1. The SMILES string of the molecule is CC(=O)C(CCc1c[nH]c2ccccc12)C(=O)O. The predicted molar refractivity (Wildman–Crippen MR) is 68.4 cm³/mol. The Hall–Kier alpha value is -2.10. The monoisotopic (exact) mass is 245 g/mol. The van der Waals surface area contributed by atoms with Crippen LogP contribution in [0.2, 0.25) is 0 Å². The van der Waals surface area contributed by atoms with E-state index in [1.54, 1.807) is 0 Å². The summed E-state index contributed by atoms with van der Waals surface area (Å²) < 4.78 is 0. The van der Waals surface area contributed by atoms with Crippen LogP contribution in [0.15, 0.2) is 30.5 Å². The number of nitrogens with one attached hydrogen (secondary N) is 1. The van der Waals surface area contributed by atoms with Gasteiger partial charge in [0.05, 0.1) is 0 Å². The van der Waals surface area contributed by atoms with E-state index >= 15 is 0 Å². The smallest absolute Gasteiger partial charge is 0.314 e. The van der Waals surface area contributed by atoms with Gasteiger partial charge >= 0.3 is 5.97 Å². The molecule has 1 aromatic heterocycles. The zero-order valence-corrected chi connectivity index (χ0v) is 10.1. The molecule has 0 aliphatic rings. The summed E-state index contributed by atoms with van der Waals surface area (Å²) in [5.74, 6) is -2.23. The van der Waals surface area contributed by atoms with Crippen molar-refractivity contribution in [2.75, 3.05) is 0 Å². The molecule has 2 N–H and O–H groups in total. The Morgan fingerprint density at radius 3 is 2.72 bits per heavy atom. The number of ketones is 1. The molecule has 1 heterocycles. The normalized spacial score (nSPS) is 12.5. The molecule has 1 unspecified atom stereocenters. The molecular weight excluding hydrogens is 230 g/mol. The number of fused-ring (bicyclic) bond motifs is 1. The zero-order chi connectivity index (χ0) is 13.1. The predicted octanol–water partition coefficient (Wildman–Crippen LogP) is 2.39. The van der Waals surface area contributed by atoms with E-state index in [9.17, 15) is 9.59 Å². The van der Waals surface area contributed by atoms with Crippen molar-refractivity contribution in [1.82, 2.24) is 4.98 Å². The van der Waals surface area contributed by atoms with Crippen LogP contribution in [-0.4, -0.2) is 21.8 Å². The van der Waals surface area contributed by atoms with Crippen molar-refractivity contribution >= 4 is 22.7 Å². The van der Waals surface area contributed by atoms with E-state index in [1.165, 1.54) is 6.92 Å². The summed E-state index contributed by atoms with van der Waals surface area (Å²) in [6, 6.07) is 7.85. The number of aryl methyl sites for hydroxylation is 1. The van der Waals surface area contributed by atoms with Gasteiger partial charge in [0.1, 0.15) is 11.7 Å². The fourth-order valence-corrected chi connectivity index (χ4v) is 2.14. The molecule has 0 radical (unpaired) electrons. The molecule has 94 valence electrons. The second-order valence-corrected chi connectivity index (χ2v) is 4.40. The van der Waals surface area contributed by atoms with Gasteiger partial charge in [-0.2, -0.15) is 0 Å². The maximum Gasteiger partial charge on any atom is 0.314 e. The van der Waals surface area contributed by atoms with Gasteiger partial charge in [-0.25, -0.2) is 0 Å². The Morgan fingerprint density at radius 1 is 1.33 bits per heavy atom. The van der Waals surface area contributed by atoms with Gasteiger partial charge in [-0.15, -0.1) is 0 Å². The molecule has 0 spiro atoms. The Morgan fingerprint density at radius 2 is 2.06 bits per heavy atom. The third-order valence-electron chi connectivity index (χ3n) is 3.17. The van der Waals surface area contributed by atoms with E-state index in [2.05, 4.69) is 4.98 Å². The van der Waals surface area contributed by atoms with Gasteiger partial charge in [0.25, 0.3) is 0 Å². The lowest BCUT2D eigenvalue weighted by molar-refractivity contribution is -0.145. The summed E-state index contributed by atoms with van der Waals surface area (Å²) >= 11 is 0. The number of rotatable bonds is 5. The van der Waals surface area contributed by atoms with Crippen LogP contribution in [0.25, 0.3) is 10.9 Å². The van der Waals surface area contributed by atoms with Gasteiger partial charge < -0.3 is 10.1 Å². The fourth-order valence-electron chi connectivity index (χ4n) is 2.14. The third kappa shape index (κ3) is 2.42. The lowest BCUT2D eigenvalue weighted by Gasteiger charge is -2.07. The molecule has 0 saturated carbocycles. The molecule has 2 rings (SSSR count). The van der Waals surface area contributed by atoms with E-state index in [4.69, 9.17) is 5.11 Å². The molecule has 1 aromatic carbocycles. The number of hydrogen-bond acceptors (Lipinski definition) is 2. The molecule has 4 nitrogen and oxygen atoms in total. The number of carbonyl (C=O) groups excluding carboxylic acids is 1. The van der Waals surface area contributed by atoms with Gasteiger partial charge in [-0.05, 0) is 31.4 Å². The second kappa shape index (κ2) is 5.04. The first-order valence-corrected chi connectivity index (χ1v) is 5.88. The van der Waals surface area contributed by atoms with Gasteiger partial charge in [0, 0.05) is 17.1 Å². The first-order valence-electron chi connectivity index (χ1n) is 5.88. The van der Waals surface area contributed by atoms with Crippen molar-refractivity contribution in [1.29, 1.82) is 0 Å². The van der Waals surface area contributed by atoms with Crippen molar-refractivity contribution in [3.63, 3.8) is 0 Å². The first kappa shape index (κ1) is 12.4. The minimum Gasteiger partial charge on any atom is -0.481 e. The van der Waals surface area contributed by atoms with Crippen molar-refractivity contribution in [2.45, 2.75) is 19.8 Å². The number of aromatic nitrogens is 1. The Kier molecular flexibility index (Phi) is 3.46. The van der Waals surface area contributed by atoms with E-state index in [-0.39, 0.29) is 5.78 Å². The molecule has 0 aliphatic heterocycles. The molecule has 0 fully saturated rings. The molecule has 4 heteroatoms. The van der Waals surface area contributed by atoms with Crippen LogP contribution in [0.1, 0.15) is 18.9 Å². The highest BCUT2D eigenvalue weighted by Gasteiger charge is 2.22. The van der Waals surface area contributed by atoms with Crippen LogP contribution in [0, 0.1) is 5.92 Å². The highest BCUT2D eigenvalue weighted by molar-refractivity contribution is 5.96. The molecular formula is C14H15NO3. The molecule has 0 saturated heterocycles. The van der Waals surface area contributed by atoms with Crippen LogP contribution < -0.4 is 0 Å². The highest BCUT2D eigenvalue weighted by Crippen LogP contribution is 2.20. The molecule has 1 atom stereocenters. The van der Waals surface area contributed by atoms with E-state index in [0.717, 1.165) is 16.5 Å². The number of carboxylic acids is 1. The Balaban J connectivity index is 2.15. The van der Waals surface area contributed by atoms with Crippen LogP contribution in [0.5, 0.6) is 0 Å². The number of carbonyl (C=O) groups is 2. The summed E-state index contributed by atoms with van der Waals surface area (Å²) in [5.41, 5.74) is 2.08. The molecule has 0 aliphatic carbocycles. The van der Waals surface area contributed by atoms with Gasteiger partial charge in [-0.1, -0.05) is 18.2 Å². The number of aliphatic carboxylic acids is 1. The fraction of sp³-hybridized carbons (Fsp3) is 0.286. The number of para-hydroxylation sites is 1. The Labute approximate surface area is 105 Å². The number of H-pyrrole nitrogens is 1. The van der Waals surface area contributed by atoms with Crippen LogP contribution in [0.3, 0.4) is 0 Å². The first-order chi connectivity index (χ1) is 8.59. The minimum atomic E-state index is -1.04. The van der Waals surface area contributed by atoms with Crippen molar-refractivity contribution < 1.29 is 14.7 Å². The average Bonchev–Trinajstić information content (AvgIpc) is 2.72. The van der Waals surface area contributed by atoms with Crippen molar-refractivity contribution in [3.05, 3.63) is 36.0 Å². The highest BCUT2D eigenvalue weighted by atomic mass is 16.4. The maximum absolute atomic E-state index is 11.2. The lowest BCUT2D eigenvalue weighted by Crippen LogP contribution is -2.21. The maximum atomic E-state index is 11.2. The van der Waals surface area contributed by atoms with Crippen LogP contribution in [0.4, 0.5) is 0 Å². The molecule has 0 amide bonds. The molecule has 2 aromatic rings. The molecule has 0 bridgehead atoms. The van der Waals surface area contributed by atoms with Crippen LogP contribution >= 0.6 is 0 Å². The summed E-state index contributed by atoms with van der Waals surface area (Å²) in [4.78, 5) is 25.3. The zero-order valence-electron chi connectivity index (χ0n) is 10.1. The number of aromatic amines is 1. The quantitative estimate of drug-likeness (QED) is 0.794. The van der Waals surface area contributed by atoms with Gasteiger partial charge in [0.2, 0.25) is 0 Å². The topological polar surface area (TPSA) is 70.2 Å². The summed E-state index contributed by atoms with van der Waals surface area (Å²) in [6.45, 7) is 1.33. The minimum absolute atomic E-state index is 0.289. The number of carboxylic acid groups (broad SMARTS) is 1. The van der Waals surface area contributed by atoms with E-state index in [1.807, 2.05) is 30.5 Å². The summed E-state index contributed by atoms with van der Waals surface area (Å²) in [5, 5.41) is 10.0. The average molecular weight is 245 g/mol. The third-order valence-corrected chi connectivity index (χ3v) is 3.17. The van der Waals surface area contributed by atoms with E-state index in [0.29, 0.717) is 12.8 Å². The number of Topliss-reactive ketones (excluding diaryl/α,β-unsaturated/α-hetero) is 1. The lowest BCUT2D eigenvalue weighted by atomic mass is 9.96. The van der Waals surface area contributed by atoms with E-state index < -0.39 is 11.9 Å². The number of hydrogen-bond donors (Lipinski definition) is 2. The van der Waals surface area contributed by atoms with Crippen LogP contribution in [-0.2, 0) is 16.0 Å². The largest absolute Gasteiger partial charge is 0.481 e. The summed E-state index contributed by atoms with van der Waals surface area (Å²) in [7, 11) is 0. The van der Waals surface area contributed by atoms with Crippen molar-refractivity contribution in [2.24, 2.45) is 5.92 Å². The second-order valence-electron chi connectivity index (χ2n) is 4.40. The van der Waals surface area contributed by atoms with Gasteiger partial charge in [0.15, 0.2) is 0 Å².